The second kappa shape index (κ2) is 6.52. The summed E-state index contributed by atoms with van der Waals surface area (Å²) >= 11 is 0. The number of anilines is 1. The summed E-state index contributed by atoms with van der Waals surface area (Å²) in [6, 6.07) is 9.33. The number of nitrogens with one attached hydrogen (secondary N) is 1. The quantitative estimate of drug-likeness (QED) is 0.857. The highest BCUT2D eigenvalue weighted by Crippen LogP contribution is 2.20. The fraction of sp³-hybridized carbons (Fsp3) is 0.500. The highest BCUT2D eigenvalue weighted by molar-refractivity contribution is 5.91. The number of hydrogen-bond acceptors (Lipinski definition) is 3. The number of carbonyl (C=O) groups excluding carboxylic acids is 1. The van der Waals surface area contributed by atoms with Gasteiger partial charge in [0.25, 0.3) is 0 Å². The first-order valence-electron chi connectivity index (χ1n) is 6.38. The summed E-state index contributed by atoms with van der Waals surface area (Å²) in [4.78, 5) is 11.6. The number of rotatable bonds is 4. The van der Waals surface area contributed by atoms with Crippen molar-refractivity contribution < 1.29 is 14.6 Å². The van der Waals surface area contributed by atoms with Gasteiger partial charge in [0.05, 0.1) is 12.2 Å². The van der Waals surface area contributed by atoms with Gasteiger partial charge < -0.3 is 15.2 Å². The van der Waals surface area contributed by atoms with Gasteiger partial charge in [0.2, 0.25) is 5.91 Å². The second-order valence-corrected chi connectivity index (χ2v) is 4.66. The first-order chi connectivity index (χ1) is 8.74. The Morgan fingerprint density at radius 3 is 2.56 bits per heavy atom. The van der Waals surface area contributed by atoms with E-state index in [2.05, 4.69) is 5.32 Å². The maximum atomic E-state index is 11.6. The molecule has 4 nitrogen and oxygen atoms in total. The number of aliphatic hydroxyl groups is 1. The Morgan fingerprint density at radius 1 is 1.22 bits per heavy atom. The molecule has 2 rings (SSSR count). The molecule has 0 spiro atoms. The maximum Gasteiger partial charge on any atom is 0.250 e. The Bertz CT molecular complexity index is 372. The molecular weight excluding hydrogens is 230 g/mol. The average Bonchev–Trinajstić information content (AvgIpc) is 2.39. The normalized spacial score (nSPS) is 23.6. The lowest BCUT2D eigenvalue weighted by molar-refractivity contribution is -0.123. The number of amides is 1. The molecule has 1 saturated carbocycles. The van der Waals surface area contributed by atoms with E-state index in [1.807, 2.05) is 30.3 Å². The van der Waals surface area contributed by atoms with Crippen molar-refractivity contribution in [3.8, 4) is 0 Å². The fourth-order valence-corrected chi connectivity index (χ4v) is 2.12. The highest BCUT2D eigenvalue weighted by Gasteiger charge is 2.20. The van der Waals surface area contributed by atoms with Crippen molar-refractivity contribution in [1.82, 2.24) is 0 Å². The van der Waals surface area contributed by atoms with E-state index < -0.39 is 0 Å². The highest BCUT2D eigenvalue weighted by atomic mass is 16.5. The lowest BCUT2D eigenvalue weighted by atomic mass is 9.95. The van der Waals surface area contributed by atoms with Gasteiger partial charge in [-0.25, -0.2) is 0 Å². The standard InChI is InChI=1S/C14H19NO3/c16-12-6-8-13(9-7-12)18-10-14(17)15-11-4-2-1-3-5-11/h1-5,12-13,16H,6-10H2,(H,15,17). The van der Waals surface area contributed by atoms with Gasteiger partial charge in [0.15, 0.2) is 0 Å². The van der Waals surface area contributed by atoms with Gasteiger partial charge in [0, 0.05) is 5.69 Å². The van der Waals surface area contributed by atoms with Crippen LogP contribution in [0.1, 0.15) is 25.7 Å². The van der Waals surface area contributed by atoms with Crippen molar-refractivity contribution in [1.29, 1.82) is 0 Å². The third kappa shape index (κ3) is 4.13. The number of aliphatic hydroxyl groups excluding tert-OH is 1. The summed E-state index contributed by atoms with van der Waals surface area (Å²) < 4.78 is 5.54. The van der Waals surface area contributed by atoms with E-state index in [4.69, 9.17) is 4.74 Å². The Hall–Kier alpha value is -1.39. The lowest BCUT2D eigenvalue weighted by Crippen LogP contribution is -2.28. The fourth-order valence-electron chi connectivity index (χ4n) is 2.12. The Kier molecular flexibility index (Phi) is 4.73. The first-order valence-corrected chi connectivity index (χ1v) is 6.38. The largest absolute Gasteiger partial charge is 0.393 e. The molecule has 0 atom stereocenters. The van der Waals surface area contributed by atoms with Crippen LogP contribution in [0.15, 0.2) is 30.3 Å². The number of hydrogen-bond donors (Lipinski definition) is 2. The molecule has 4 heteroatoms. The molecule has 0 bridgehead atoms. The molecular formula is C14H19NO3. The van der Waals surface area contributed by atoms with Crippen LogP contribution in [0.25, 0.3) is 0 Å². The van der Waals surface area contributed by atoms with E-state index in [9.17, 15) is 9.90 Å². The zero-order valence-electron chi connectivity index (χ0n) is 10.3. The van der Waals surface area contributed by atoms with Crippen molar-refractivity contribution in [3.05, 3.63) is 30.3 Å². The predicted octanol–water partition coefficient (Wildman–Crippen LogP) is 1.95. The summed E-state index contributed by atoms with van der Waals surface area (Å²) in [6.07, 6.45) is 3.12. The predicted molar refractivity (Wildman–Crippen MR) is 69.3 cm³/mol. The molecule has 0 heterocycles. The Morgan fingerprint density at radius 2 is 1.89 bits per heavy atom. The minimum Gasteiger partial charge on any atom is -0.393 e. The molecule has 1 aliphatic carbocycles. The van der Waals surface area contributed by atoms with Crippen LogP contribution < -0.4 is 5.32 Å². The summed E-state index contributed by atoms with van der Waals surface area (Å²) in [6.45, 7) is 0.0790. The van der Waals surface area contributed by atoms with E-state index >= 15 is 0 Å². The molecule has 98 valence electrons. The van der Waals surface area contributed by atoms with Crippen molar-refractivity contribution in [2.24, 2.45) is 0 Å². The molecule has 0 unspecified atom stereocenters. The maximum absolute atomic E-state index is 11.6. The summed E-state index contributed by atoms with van der Waals surface area (Å²) in [7, 11) is 0. The smallest absolute Gasteiger partial charge is 0.250 e. The third-order valence-corrected chi connectivity index (χ3v) is 3.15. The zero-order valence-corrected chi connectivity index (χ0v) is 10.3. The Labute approximate surface area is 107 Å². The summed E-state index contributed by atoms with van der Waals surface area (Å²) in [5.74, 6) is -0.132. The van der Waals surface area contributed by atoms with Crippen LogP contribution in [0.4, 0.5) is 5.69 Å². The third-order valence-electron chi connectivity index (χ3n) is 3.15. The van der Waals surface area contributed by atoms with Crippen molar-refractivity contribution in [2.75, 3.05) is 11.9 Å². The van der Waals surface area contributed by atoms with Gasteiger partial charge in [-0.15, -0.1) is 0 Å². The molecule has 1 aliphatic rings. The molecule has 1 aromatic carbocycles. The van der Waals surface area contributed by atoms with Crippen LogP contribution in [0.2, 0.25) is 0 Å². The van der Waals surface area contributed by atoms with E-state index in [-0.39, 0.29) is 24.7 Å². The van der Waals surface area contributed by atoms with Crippen molar-refractivity contribution >= 4 is 11.6 Å². The second-order valence-electron chi connectivity index (χ2n) is 4.66. The molecule has 1 amide bonds. The minimum atomic E-state index is -0.192. The monoisotopic (exact) mass is 249 g/mol. The lowest BCUT2D eigenvalue weighted by Gasteiger charge is -2.25. The van der Waals surface area contributed by atoms with Crippen molar-refractivity contribution in [2.45, 2.75) is 37.9 Å². The van der Waals surface area contributed by atoms with Gasteiger partial charge in [-0.2, -0.15) is 0 Å². The van der Waals surface area contributed by atoms with Crippen LogP contribution in [0, 0.1) is 0 Å². The van der Waals surface area contributed by atoms with E-state index in [0.29, 0.717) is 0 Å². The molecule has 0 radical (unpaired) electrons. The molecule has 0 saturated heterocycles. The summed E-state index contributed by atoms with van der Waals surface area (Å²) in [5, 5.41) is 12.1. The number of benzene rings is 1. The number of carbonyl (C=O) groups is 1. The molecule has 0 aromatic heterocycles. The van der Waals surface area contributed by atoms with Gasteiger partial charge in [0.1, 0.15) is 6.61 Å². The molecule has 18 heavy (non-hydrogen) atoms. The first kappa shape index (κ1) is 13.1. The van der Waals surface area contributed by atoms with Gasteiger partial charge in [-0.1, -0.05) is 18.2 Å². The van der Waals surface area contributed by atoms with Crippen LogP contribution in [-0.4, -0.2) is 29.8 Å². The minimum absolute atomic E-state index is 0.0790. The van der Waals surface area contributed by atoms with Gasteiger partial charge in [-0.3, -0.25) is 4.79 Å². The van der Waals surface area contributed by atoms with E-state index in [1.165, 1.54) is 0 Å². The SMILES string of the molecule is O=C(COC1CCC(O)CC1)Nc1ccccc1. The summed E-state index contributed by atoms with van der Waals surface area (Å²) in [5.41, 5.74) is 0.783. The van der Waals surface area contributed by atoms with Gasteiger partial charge in [-0.05, 0) is 37.8 Å². The van der Waals surface area contributed by atoms with Crippen LogP contribution in [0.5, 0.6) is 0 Å². The number of para-hydroxylation sites is 1. The molecule has 1 aromatic rings. The van der Waals surface area contributed by atoms with Crippen LogP contribution in [0.3, 0.4) is 0 Å². The zero-order chi connectivity index (χ0) is 12.8. The average molecular weight is 249 g/mol. The molecule has 1 fully saturated rings. The van der Waals surface area contributed by atoms with Crippen molar-refractivity contribution in [3.63, 3.8) is 0 Å². The van der Waals surface area contributed by atoms with E-state index in [0.717, 1.165) is 31.4 Å². The van der Waals surface area contributed by atoms with Gasteiger partial charge >= 0.3 is 0 Å². The number of ether oxygens (including phenoxy) is 1. The Balaban J connectivity index is 1.69. The van der Waals surface area contributed by atoms with Crippen LogP contribution >= 0.6 is 0 Å². The molecule has 2 N–H and O–H groups in total. The molecule has 0 aliphatic heterocycles. The van der Waals surface area contributed by atoms with E-state index in [1.54, 1.807) is 0 Å². The van der Waals surface area contributed by atoms with Crippen LogP contribution in [-0.2, 0) is 9.53 Å². The topological polar surface area (TPSA) is 58.6 Å².